The van der Waals surface area contributed by atoms with E-state index in [1.54, 1.807) is 0 Å². The summed E-state index contributed by atoms with van der Waals surface area (Å²) in [5.74, 6) is -0.569. The van der Waals surface area contributed by atoms with Crippen LogP contribution >= 0.6 is 15.9 Å². The fourth-order valence-corrected chi connectivity index (χ4v) is 4.40. The molecule has 1 saturated heterocycles. The van der Waals surface area contributed by atoms with Crippen LogP contribution in [0.15, 0.2) is 57.9 Å². The Morgan fingerprint density at radius 3 is 2.64 bits per heavy atom. The number of alkyl halides is 3. The highest BCUT2D eigenvalue weighted by Crippen LogP contribution is 2.46. The normalized spacial score (nSPS) is 17.6. The van der Waals surface area contributed by atoms with Crippen LogP contribution in [-0.2, 0) is 10.9 Å². The van der Waals surface area contributed by atoms with Crippen LogP contribution in [0.5, 0.6) is 11.5 Å². The largest absolute Gasteiger partial charge is 0.452 e. The second-order valence-corrected chi connectivity index (χ2v) is 9.41. The summed E-state index contributed by atoms with van der Waals surface area (Å²) in [6.07, 6.45) is -4.69. The molecule has 1 aliphatic heterocycles. The minimum absolute atomic E-state index is 0.00645. The van der Waals surface area contributed by atoms with E-state index in [0.29, 0.717) is 21.3 Å². The molecule has 1 fully saturated rings. The predicted molar refractivity (Wildman–Crippen MR) is 128 cm³/mol. The van der Waals surface area contributed by atoms with Gasteiger partial charge in [-0.2, -0.15) is 13.2 Å². The first-order chi connectivity index (χ1) is 17.0. The molecule has 0 radical (unpaired) electrons. The van der Waals surface area contributed by atoms with Crippen molar-refractivity contribution in [3.8, 4) is 11.5 Å². The van der Waals surface area contributed by atoms with Gasteiger partial charge < -0.3 is 14.8 Å². The first-order valence-corrected chi connectivity index (χ1v) is 11.7. The minimum Gasteiger partial charge on any atom is -0.452 e. The zero-order chi connectivity index (χ0) is 25.8. The van der Waals surface area contributed by atoms with Gasteiger partial charge in [0.1, 0.15) is 11.6 Å². The number of aromatic amines is 1. The Bertz CT molecular complexity index is 1520. The topological polar surface area (TPSA) is 84.5 Å². The van der Waals surface area contributed by atoms with Gasteiger partial charge in [0.25, 0.3) is 0 Å². The molecule has 36 heavy (non-hydrogen) atoms. The number of aromatic nitrogens is 3. The number of nitrogens with zero attached hydrogens (tertiary/aromatic N) is 2. The van der Waals surface area contributed by atoms with Crippen molar-refractivity contribution in [1.82, 2.24) is 14.5 Å². The van der Waals surface area contributed by atoms with Crippen LogP contribution in [0.4, 0.5) is 23.2 Å². The third-order valence-corrected chi connectivity index (χ3v) is 6.16. The second-order valence-electron chi connectivity index (χ2n) is 8.50. The third-order valence-electron chi connectivity index (χ3n) is 5.67. The number of anilines is 1. The average molecular weight is 567 g/mol. The number of benzene rings is 2. The Hall–Kier alpha value is -3.38. The fourth-order valence-electron chi connectivity index (χ4n) is 4.04. The van der Waals surface area contributed by atoms with Crippen molar-refractivity contribution in [3.63, 3.8) is 0 Å². The number of rotatable bonds is 6. The molecule has 0 spiro atoms. The monoisotopic (exact) mass is 566 g/mol. The SMILES string of the molecule is CC(C)n1c(=O)[nH]c2nccc(Oc3ccc(NC4OC4c4ccc(Br)cc4C(F)(F)F)cc3F)c21. The highest BCUT2D eigenvalue weighted by Gasteiger charge is 2.46. The van der Waals surface area contributed by atoms with E-state index in [2.05, 4.69) is 31.2 Å². The maximum atomic E-state index is 14.9. The molecule has 7 nitrogen and oxygen atoms in total. The summed E-state index contributed by atoms with van der Waals surface area (Å²) in [5, 5.41) is 2.89. The lowest BCUT2D eigenvalue weighted by Crippen LogP contribution is -2.18. The first-order valence-electron chi connectivity index (χ1n) is 10.9. The summed E-state index contributed by atoms with van der Waals surface area (Å²) in [4.78, 5) is 19.1. The van der Waals surface area contributed by atoms with Gasteiger partial charge in [-0.1, -0.05) is 22.0 Å². The number of halogens is 5. The Balaban J connectivity index is 1.35. The minimum atomic E-state index is -4.54. The van der Waals surface area contributed by atoms with Gasteiger partial charge in [0, 0.05) is 34.5 Å². The maximum Gasteiger partial charge on any atom is 0.416 e. The lowest BCUT2D eigenvalue weighted by molar-refractivity contribution is -0.138. The van der Waals surface area contributed by atoms with E-state index in [0.717, 1.165) is 12.1 Å². The molecule has 2 unspecified atom stereocenters. The Morgan fingerprint density at radius 2 is 1.94 bits per heavy atom. The van der Waals surface area contributed by atoms with Crippen molar-refractivity contribution < 1.29 is 27.0 Å². The number of pyridine rings is 1. The van der Waals surface area contributed by atoms with Gasteiger partial charge in [-0.25, -0.2) is 14.2 Å². The van der Waals surface area contributed by atoms with E-state index in [9.17, 15) is 22.4 Å². The molecular weight excluding hydrogens is 548 g/mol. The molecule has 3 heterocycles. The average Bonchev–Trinajstić information content (AvgIpc) is 3.45. The summed E-state index contributed by atoms with van der Waals surface area (Å²) < 4.78 is 68.1. The van der Waals surface area contributed by atoms with Gasteiger partial charge in [-0.3, -0.25) is 9.55 Å². The van der Waals surface area contributed by atoms with Crippen LogP contribution in [0.2, 0.25) is 0 Å². The standard InChI is InChI=1S/C24H19BrF4N4O3/c1-11(2)33-19-18(7-8-30-21(19)32-23(33)34)35-17-6-4-13(10-16(17)26)31-22-20(36-22)14-5-3-12(25)9-15(14)24(27,28)29/h3-11,20,22,31H,1-2H3,(H,30,32,34). The number of nitrogens with one attached hydrogen (secondary N) is 2. The van der Waals surface area contributed by atoms with Crippen molar-refractivity contribution in [2.45, 2.75) is 38.4 Å². The lowest BCUT2D eigenvalue weighted by atomic mass is 10.0. The zero-order valence-corrected chi connectivity index (χ0v) is 20.4. The fraction of sp³-hybridized carbons (Fsp3) is 0.250. The smallest absolute Gasteiger partial charge is 0.416 e. The van der Waals surface area contributed by atoms with Gasteiger partial charge >= 0.3 is 11.9 Å². The number of H-pyrrole nitrogens is 1. The van der Waals surface area contributed by atoms with Crippen LogP contribution in [-0.4, -0.2) is 20.8 Å². The number of hydrogen-bond acceptors (Lipinski definition) is 5. The van der Waals surface area contributed by atoms with Crippen LogP contribution < -0.4 is 15.7 Å². The first kappa shape index (κ1) is 24.3. The Kier molecular flexibility index (Phi) is 6.03. The van der Waals surface area contributed by atoms with E-state index in [1.807, 2.05) is 13.8 Å². The van der Waals surface area contributed by atoms with Gasteiger partial charge in [-0.05, 0) is 43.7 Å². The molecule has 188 valence electrons. The molecule has 2 atom stereocenters. The number of ether oxygens (including phenoxy) is 2. The van der Waals surface area contributed by atoms with E-state index < -0.39 is 29.9 Å². The number of imidazole rings is 1. The van der Waals surface area contributed by atoms with Crippen molar-refractivity contribution in [2.24, 2.45) is 0 Å². The van der Waals surface area contributed by atoms with Gasteiger partial charge in [-0.15, -0.1) is 0 Å². The van der Waals surface area contributed by atoms with E-state index in [-0.39, 0.29) is 28.8 Å². The molecule has 4 aromatic rings. The molecule has 2 N–H and O–H groups in total. The molecule has 0 amide bonds. The lowest BCUT2D eigenvalue weighted by Gasteiger charge is -2.13. The molecule has 0 saturated carbocycles. The third kappa shape index (κ3) is 4.58. The summed E-state index contributed by atoms with van der Waals surface area (Å²) in [5.41, 5.74) is -0.139. The molecule has 2 aromatic carbocycles. The maximum absolute atomic E-state index is 14.9. The number of epoxide rings is 1. The predicted octanol–water partition coefficient (Wildman–Crippen LogP) is 6.53. The van der Waals surface area contributed by atoms with Crippen LogP contribution in [0.25, 0.3) is 11.2 Å². The molecule has 1 aliphatic rings. The second kappa shape index (κ2) is 8.93. The quantitative estimate of drug-likeness (QED) is 0.205. The van der Waals surface area contributed by atoms with E-state index in [4.69, 9.17) is 9.47 Å². The summed E-state index contributed by atoms with van der Waals surface area (Å²) in [6, 6.07) is 9.26. The van der Waals surface area contributed by atoms with Crippen molar-refractivity contribution in [2.75, 3.05) is 5.32 Å². The summed E-state index contributed by atoms with van der Waals surface area (Å²) in [6.45, 7) is 3.65. The molecule has 5 rings (SSSR count). The highest BCUT2D eigenvalue weighted by atomic mass is 79.9. The summed E-state index contributed by atoms with van der Waals surface area (Å²) in [7, 11) is 0. The number of hydrogen-bond donors (Lipinski definition) is 2. The van der Waals surface area contributed by atoms with Crippen LogP contribution in [0, 0.1) is 5.82 Å². The van der Waals surface area contributed by atoms with Crippen molar-refractivity contribution in [1.29, 1.82) is 0 Å². The molecule has 0 bridgehead atoms. The van der Waals surface area contributed by atoms with Gasteiger partial charge in [0.05, 0.1) is 5.56 Å². The van der Waals surface area contributed by atoms with E-state index in [1.165, 1.54) is 41.1 Å². The molecule has 2 aromatic heterocycles. The van der Waals surface area contributed by atoms with Gasteiger partial charge in [0.2, 0.25) is 0 Å². The number of fused-ring (bicyclic) bond motifs is 1. The van der Waals surface area contributed by atoms with Crippen LogP contribution in [0.3, 0.4) is 0 Å². The Labute approximate surface area is 210 Å². The molecule has 0 aliphatic carbocycles. The van der Waals surface area contributed by atoms with Crippen LogP contribution in [0.1, 0.15) is 37.1 Å². The Morgan fingerprint density at radius 1 is 1.17 bits per heavy atom. The van der Waals surface area contributed by atoms with Gasteiger partial charge in [0.15, 0.2) is 29.2 Å². The molecular formula is C24H19BrF4N4O3. The van der Waals surface area contributed by atoms with Crippen molar-refractivity contribution >= 4 is 32.8 Å². The highest BCUT2D eigenvalue weighted by molar-refractivity contribution is 9.10. The zero-order valence-electron chi connectivity index (χ0n) is 18.9. The molecule has 12 heteroatoms. The summed E-state index contributed by atoms with van der Waals surface area (Å²) >= 11 is 3.06. The van der Waals surface area contributed by atoms with E-state index >= 15 is 0 Å². The van der Waals surface area contributed by atoms with Crippen molar-refractivity contribution in [3.05, 3.63) is 80.6 Å².